The molecule has 0 saturated carbocycles. The maximum Gasteiger partial charge on any atom is 0.263 e. The van der Waals surface area contributed by atoms with E-state index in [1.807, 2.05) is 6.92 Å². The lowest BCUT2D eigenvalue weighted by atomic mass is 10.2. The molecule has 2 aromatic carbocycles. The summed E-state index contributed by atoms with van der Waals surface area (Å²) in [5.74, 6) is -1.81. The molecule has 0 saturated heterocycles. The van der Waals surface area contributed by atoms with Crippen LogP contribution in [0.2, 0.25) is 0 Å². The van der Waals surface area contributed by atoms with Gasteiger partial charge in [-0.05, 0) is 62.5 Å². The number of rotatable bonds is 3. The van der Waals surface area contributed by atoms with E-state index in [2.05, 4.69) is 36.6 Å². The molecule has 8 heteroatoms. The minimum atomic E-state index is -4.01. The summed E-state index contributed by atoms with van der Waals surface area (Å²) in [4.78, 5) is -0.0382. The van der Waals surface area contributed by atoms with Gasteiger partial charge in [-0.15, -0.1) is 0 Å². The molecular weight excluding hydrogens is 432 g/mol. The number of halogens is 4. The summed E-state index contributed by atoms with van der Waals surface area (Å²) in [5.41, 5.74) is 0.527. The summed E-state index contributed by atoms with van der Waals surface area (Å²) in [5, 5.41) is 0. The minimum absolute atomic E-state index is 0.0215. The third-order valence-corrected chi connectivity index (χ3v) is 5.57. The van der Waals surface area contributed by atoms with Crippen molar-refractivity contribution in [2.45, 2.75) is 11.8 Å². The SMILES string of the molecule is Cc1ccc(S(=O)(=O)Nc2c(F)cc(F)cc2Br)c(Br)c1. The van der Waals surface area contributed by atoms with Gasteiger partial charge >= 0.3 is 0 Å². The van der Waals surface area contributed by atoms with Gasteiger partial charge in [0.15, 0.2) is 5.82 Å². The fourth-order valence-electron chi connectivity index (χ4n) is 1.65. The Hall–Kier alpha value is -0.990. The topological polar surface area (TPSA) is 46.2 Å². The van der Waals surface area contributed by atoms with E-state index in [0.717, 1.165) is 11.6 Å². The number of hydrogen-bond donors (Lipinski definition) is 1. The molecule has 112 valence electrons. The first kappa shape index (κ1) is 16.4. The van der Waals surface area contributed by atoms with E-state index < -0.39 is 21.7 Å². The zero-order valence-corrected chi connectivity index (χ0v) is 14.6. The molecule has 0 radical (unpaired) electrons. The molecule has 0 aliphatic heterocycles. The molecule has 0 aliphatic rings. The highest BCUT2D eigenvalue weighted by atomic mass is 79.9. The van der Waals surface area contributed by atoms with Crippen molar-refractivity contribution in [3.63, 3.8) is 0 Å². The Morgan fingerprint density at radius 3 is 2.29 bits per heavy atom. The second-order valence-corrected chi connectivity index (χ2v) is 7.64. The molecule has 0 heterocycles. The van der Waals surface area contributed by atoms with Crippen LogP contribution in [-0.4, -0.2) is 8.42 Å². The van der Waals surface area contributed by atoms with Crippen molar-refractivity contribution in [3.05, 3.63) is 56.5 Å². The number of benzene rings is 2. The molecule has 1 N–H and O–H groups in total. The van der Waals surface area contributed by atoms with Crippen LogP contribution in [0, 0.1) is 18.6 Å². The summed E-state index contributed by atoms with van der Waals surface area (Å²) < 4.78 is 53.8. The van der Waals surface area contributed by atoms with Crippen LogP contribution in [-0.2, 0) is 10.0 Å². The van der Waals surface area contributed by atoms with E-state index in [-0.39, 0.29) is 15.1 Å². The summed E-state index contributed by atoms with van der Waals surface area (Å²) in [6.07, 6.45) is 0. The van der Waals surface area contributed by atoms with Crippen LogP contribution in [0.4, 0.5) is 14.5 Å². The second kappa shape index (κ2) is 6.02. The predicted octanol–water partition coefficient (Wildman–Crippen LogP) is 4.60. The number of hydrogen-bond acceptors (Lipinski definition) is 2. The van der Waals surface area contributed by atoms with Crippen LogP contribution < -0.4 is 4.72 Å². The highest BCUT2D eigenvalue weighted by Gasteiger charge is 2.21. The summed E-state index contributed by atoms with van der Waals surface area (Å²) >= 11 is 6.09. The number of sulfonamides is 1. The standard InChI is InChI=1S/C13H9Br2F2NO2S/c1-7-2-3-12(9(14)4-7)21(19,20)18-13-10(15)5-8(16)6-11(13)17/h2-6,18H,1H3. The predicted molar refractivity (Wildman–Crippen MR) is 83.7 cm³/mol. The van der Waals surface area contributed by atoms with Gasteiger partial charge in [-0.25, -0.2) is 17.2 Å². The van der Waals surface area contributed by atoms with Crippen LogP contribution in [0.5, 0.6) is 0 Å². The van der Waals surface area contributed by atoms with E-state index >= 15 is 0 Å². The van der Waals surface area contributed by atoms with Crippen LogP contribution in [0.15, 0.2) is 44.2 Å². The zero-order valence-electron chi connectivity index (χ0n) is 10.6. The second-order valence-electron chi connectivity index (χ2n) is 4.28. The average Bonchev–Trinajstić information content (AvgIpc) is 2.33. The van der Waals surface area contributed by atoms with Crippen molar-refractivity contribution in [1.82, 2.24) is 0 Å². The zero-order chi connectivity index (χ0) is 15.8. The Kier molecular flexibility index (Phi) is 4.69. The molecule has 21 heavy (non-hydrogen) atoms. The fourth-order valence-corrected chi connectivity index (χ4v) is 4.57. The lowest BCUT2D eigenvalue weighted by molar-refractivity contribution is 0.581. The Morgan fingerprint density at radius 2 is 1.71 bits per heavy atom. The number of nitrogens with one attached hydrogen (secondary N) is 1. The summed E-state index contributed by atoms with van der Waals surface area (Å²) in [6, 6.07) is 6.23. The number of anilines is 1. The van der Waals surface area contributed by atoms with E-state index in [0.29, 0.717) is 10.5 Å². The third kappa shape index (κ3) is 3.61. The molecule has 0 aliphatic carbocycles. The van der Waals surface area contributed by atoms with Gasteiger partial charge in [-0.3, -0.25) is 4.72 Å². The highest BCUT2D eigenvalue weighted by Crippen LogP contribution is 2.31. The Morgan fingerprint density at radius 1 is 1.05 bits per heavy atom. The molecule has 2 aromatic rings. The molecule has 2 rings (SSSR count). The first-order valence-electron chi connectivity index (χ1n) is 5.64. The van der Waals surface area contributed by atoms with Gasteiger partial charge in [0.1, 0.15) is 10.7 Å². The maximum atomic E-state index is 13.7. The van der Waals surface area contributed by atoms with Crippen molar-refractivity contribution in [1.29, 1.82) is 0 Å². The van der Waals surface area contributed by atoms with Gasteiger partial charge in [0.05, 0.1) is 5.69 Å². The Labute approximate surface area is 137 Å². The number of aryl methyl sites for hydroxylation is 1. The van der Waals surface area contributed by atoms with E-state index in [1.165, 1.54) is 6.07 Å². The largest absolute Gasteiger partial charge is 0.275 e. The molecule has 0 amide bonds. The van der Waals surface area contributed by atoms with Crippen LogP contribution in [0.1, 0.15) is 5.56 Å². The highest BCUT2D eigenvalue weighted by molar-refractivity contribution is 9.11. The van der Waals surface area contributed by atoms with Crippen LogP contribution in [0.25, 0.3) is 0 Å². The van der Waals surface area contributed by atoms with Crippen LogP contribution >= 0.6 is 31.9 Å². The normalized spacial score (nSPS) is 11.5. The first-order chi connectivity index (χ1) is 9.70. The first-order valence-corrected chi connectivity index (χ1v) is 8.71. The van der Waals surface area contributed by atoms with Gasteiger partial charge in [0, 0.05) is 15.0 Å². The van der Waals surface area contributed by atoms with E-state index in [1.54, 1.807) is 12.1 Å². The van der Waals surface area contributed by atoms with E-state index in [4.69, 9.17) is 0 Å². The Bertz CT molecular complexity index is 787. The molecule has 0 spiro atoms. The van der Waals surface area contributed by atoms with Gasteiger partial charge in [0.25, 0.3) is 10.0 Å². The van der Waals surface area contributed by atoms with E-state index in [9.17, 15) is 17.2 Å². The lowest BCUT2D eigenvalue weighted by Gasteiger charge is -2.12. The maximum absolute atomic E-state index is 13.7. The molecule has 0 bridgehead atoms. The summed E-state index contributed by atoms with van der Waals surface area (Å²) in [6.45, 7) is 1.81. The van der Waals surface area contributed by atoms with Crippen molar-refractivity contribution < 1.29 is 17.2 Å². The van der Waals surface area contributed by atoms with Gasteiger partial charge in [0.2, 0.25) is 0 Å². The van der Waals surface area contributed by atoms with Crippen molar-refractivity contribution >= 4 is 47.6 Å². The fraction of sp³-hybridized carbons (Fsp3) is 0.0769. The summed E-state index contributed by atoms with van der Waals surface area (Å²) in [7, 11) is -4.01. The molecule has 0 unspecified atom stereocenters. The minimum Gasteiger partial charge on any atom is -0.275 e. The van der Waals surface area contributed by atoms with Crippen molar-refractivity contribution in [3.8, 4) is 0 Å². The van der Waals surface area contributed by atoms with Gasteiger partial charge < -0.3 is 0 Å². The smallest absolute Gasteiger partial charge is 0.263 e. The monoisotopic (exact) mass is 439 g/mol. The quantitative estimate of drug-likeness (QED) is 0.758. The molecule has 3 nitrogen and oxygen atoms in total. The lowest BCUT2D eigenvalue weighted by Crippen LogP contribution is -2.15. The molecular formula is C13H9Br2F2NO2S. The molecule has 0 fully saturated rings. The van der Waals surface area contributed by atoms with Crippen molar-refractivity contribution in [2.75, 3.05) is 4.72 Å². The van der Waals surface area contributed by atoms with Gasteiger partial charge in [-0.2, -0.15) is 0 Å². The molecule has 0 aromatic heterocycles. The Balaban J connectivity index is 2.47. The van der Waals surface area contributed by atoms with Crippen molar-refractivity contribution in [2.24, 2.45) is 0 Å². The average molecular weight is 441 g/mol. The third-order valence-electron chi connectivity index (χ3n) is 2.62. The van der Waals surface area contributed by atoms with Crippen LogP contribution in [0.3, 0.4) is 0 Å². The van der Waals surface area contributed by atoms with Gasteiger partial charge in [-0.1, -0.05) is 6.07 Å². The molecule has 0 atom stereocenters.